The number of benzene rings is 1. The first-order valence-corrected chi connectivity index (χ1v) is 10.9. The Labute approximate surface area is 187 Å². The summed E-state index contributed by atoms with van der Waals surface area (Å²) in [6, 6.07) is 8.55. The fourth-order valence-electron chi connectivity index (χ4n) is 3.27. The maximum atomic E-state index is 13.4. The number of carbonyl (C=O) groups is 2. The van der Waals surface area contributed by atoms with Gasteiger partial charge in [0.05, 0.1) is 11.8 Å². The van der Waals surface area contributed by atoms with E-state index in [1.807, 2.05) is 6.07 Å². The number of carbonyl (C=O) groups excluding carboxylic acids is 2. The van der Waals surface area contributed by atoms with Gasteiger partial charge in [0, 0.05) is 30.9 Å². The normalized spacial score (nSPS) is 14.6. The number of likely N-dealkylation sites (tertiary alicyclic amines) is 1. The minimum atomic E-state index is -1.04. The zero-order valence-electron chi connectivity index (χ0n) is 17.2. The minimum Gasteiger partial charge on any atom is -0.335 e. The van der Waals surface area contributed by atoms with Crippen molar-refractivity contribution in [1.29, 1.82) is 0 Å². The van der Waals surface area contributed by atoms with Gasteiger partial charge in [0.2, 0.25) is 11.8 Å². The number of halogens is 2. The van der Waals surface area contributed by atoms with Crippen molar-refractivity contribution in [2.24, 2.45) is 0 Å². The molecule has 0 bridgehead atoms. The lowest BCUT2D eigenvalue weighted by atomic mass is 10.3. The lowest BCUT2D eigenvalue weighted by Crippen LogP contribution is -2.26. The predicted molar refractivity (Wildman–Crippen MR) is 114 cm³/mol. The van der Waals surface area contributed by atoms with Crippen molar-refractivity contribution in [2.75, 3.05) is 11.9 Å². The number of hydrogen-bond donors (Lipinski definition) is 1. The molecule has 4 rings (SSSR count). The Morgan fingerprint density at radius 1 is 1.22 bits per heavy atom. The third-order valence-electron chi connectivity index (χ3n) is 4.92. The molecule has 3 heterocycles. The maximum Gasteiger partial charge on any atom is 0.237 e. The SMILES string of the molecule is CC(Sc1nnc(CN2CCCC2=O)n1-c1ccccn1)C(=O)Nc1ccc(F)c(F)c1. The average molecular weight is 458 g/mol. The highest BCUT2D eigenvalue weighted by molar-refractivity contribution is 8.00. The van der Waals surface area contributed by atoms with Gasteiger partial charge in [0.1, 0.15) is 5.82 Å². The molecule has 1 saturated heterocycles. The summed E-state index contributed by atoms with van der Waals surface area (Å²) in [6.07, 6.45) is 2.95. The Morgan fingerprint density at radius 3 is 2.75 bits per heavy atom. The summed E-state index contributed by atoms with van der Waals surface area (Å²) in [6.45, 7) is 2.61. The van der Waals surface area contributed by atoms with Crippen LogP contribution in [0.2, 0.25) is 0 Å². The number of aromatic nitrogens is 4. The lowest BCUT2D eigenvalue weighted by molar-refractivity contribution is -0.128. The van der Waals surface area contributed by atoms with E-state index in [9.17, 15) is 18.4 Å². The van der Waals surface area contributed by atoms with Crippen molar-refractivity contribution in [3.05, 3.63) is 60.1 Å². The molecule has 1 fully saturated rings. The smallest absolute Gasteiger partial charge is 0.237 e. The molecule has 1 aromatic carbocycles. The average Bonchev–Trinajstić information content (AvgIpc) is 3.37. The molecule has 2 aromatic heterocycles. The third kappa shape index (κ3) is 4.77. The van der Waals surface area contributed by atoms with Gasteiger partial charge in [-0.1, -0.05) is 17.8 Å². The van der Waals surface area contributed by atoms with Gasteiger partial charge in [0.15, 0.2) is 22.6 Å². The van der Waals surface area contributed by atoms with Crippen molar-refractivity contribution in [1.82, 2.24) is 24.6 Å². The molecule has 2 amide bonds. The van der Waals surface area contributed by atoms with E-state index in [-0.39, 0.29) is 11.6 Å². The standard InChI is InChI=1S/C21H20F2N6O2S/c1-13(20(31)25-14-7-8-15(22)16(23)11-14)32-21-27-26-18(12-28-10-4-6-19(28)30)29(21)17-5-2-3-9-24-17/h2-3,5,7-9,11,13H,4,6,10,12H2,1H3,(H,25,31). The van der Waals surface area contributed by atoms with Gasteiger partial charge < -0.3 is 10.2 Å². The van der Waals surface area contributed by atoms with E-state index in [1.54, 1.807) is 34.7 Å². The predicted octanol–water partition coefficient (Wildman–Crippen LogP) is 3.18. The molecule has 0 spiro atoms. The number of pyridine rings is 1. The zero-order chi connectivity index (χ0) is 22.7. The second kappa shape index (κ2) is 9.43. The maximum absolute atomic E-state index is 13.4. The number of anilines is 1. The number of nitrogens with one attached hydrogen (secondary N) is 1. The Bertz CT molecular complexity index is 1140. The molecule has 0 radical (unpaired) electrons. The molecule has 1 aliphatic heterocycles. The summed E-state index contributed by atoms with van der Waals surface area (Å²) in [5.74, 6) is -1.27. The Balaban J connectivity index is 1.55. The summed E-state index contributed by atoms with van der Waals surface area (Å²) in [4.78, 5) is 30.8. The molecule has 1 N–H and O–H groups in total. The van der Waals surface area contributed by atoms with Crippen molar-refractivity contribution < 1.29 is 18.4 Å². The summed E-state index contributed by atoms with van der Waals surface area (Å²) in [5.41, 5.74) is 0.153. The van der Waals surface area contributed by atoms with Crippen LogP contribution >= 0.6 is 11.8 Å². The second-order valence-electron chi connectivity index (χ2n) is 7.22. The molecule has 32 heavy (non-hydrogen) atoms. The molecule has 1 unspecified atom stereocenters. The van der Waals surface area contributed by atoms with Crippen molar-refractivity contribution >= 4 is 29.3 Å². The highest BCUT2D eigenvalue weighted by Gasteiger charge is 2.26. The lowest BCUT2D eigenvalue weighted by Gasteiger charge is -2.17. The van der Waals surface area contributed by atoms with E-state index in [1.165, 1.54) is 6.07 Å². The van der Waals surface area contributed by atoms with Crippen LogP contribution in [-0.2, 0) is 16.1 Å². The van der Waals surface area contributed by atoms with E-state index in [4.69, 9.17) is 0 Å². The van der Waals surface area contributed by atoms with Gasteiger partial charge in [-0.3, -0.25) is 14.2 Å². The monoisotopic (exact) mass is 458 g/mol. The molecule has 0 aliphatic carbocycles. The number of amides is 2. The number of hydrogen-bond acceptors (Lipinski definition) is 6. The van der Waals surface area contributed by atoms with E-state index >= 15 is 0 Å². The Kier molecular flexibility index (Phi) is 6.45. The highest BCUT2D eigenvalue weighted by atomic mass is 32.2. The van der Waals surface area contributed by atoms with Gasteiger partial charge in [-0.15, -0.1) is 10.2 Å². The summed E-state index contributed by atoms with van der Waals surface area (Å²) < 4.78 is 28.3. The fraction of sp³-hybridized carbons (Fsp3) is 0.286. The summed E-state index contributed by atoms with van der Waals surface area (Å²) in [7, 11) is 0. The van der Waals surface area contributed by atoms with Crippen LogP contribution in [0.4, 0.5) is 14.5 Å². The van der Waals surface area contributed by atoms with Crippen LogP contribution in [0.5, 0.6) is 0 Å². The molecule has 1 aliphatic rings. The van der Waals surface area contributed by atoms with E-state index < -0.39 is 22.8 Å². The molecular formula is C21H20F2N6O2S. The minimum absolute atomic E-state index is 0.0639. The topological polar surface area (TPSA) is 93.0 Å². The fourth-order valence-corrected chi connectivity index (χ4v) is 4.14. The van der Waals surface area contributed by atoms with Crippen LogP contribution in [-0.4, -0.2) is 48.3 Å². The highest BCUT2D eigenvalue weighted by Crippen LogP contribution is 2.27. The van der Waals surface area contributed by atoms with Gasteiger partial charge >= 0.3 is 0 Å². The van der Waals surface area contributed by atoms with Crippen molar-refractivity contribution in [3.8, 4) is 5.82 Å². The van der Waals surface area contributed by atoms with Gasteiger partial charge in [-0.2, -0.15) is 0 Å². The first-order chi connectivity index (χ1) is 15.4. The third-order valence-corrected chi connectivity index (χ3v) is 5.96. The second-order valence-corrected chi connectivity index (χ2v) is 8.53. The van der Waals surface area contributed by atoms with E-state index in [2.05, 4.69) is 20.5 Å². The van der Waals surface area contributed by atoms with Crippen LogP contribution in [0.25, 0.3) is 5.82 Å². The molecular weight excluding hydrogens is 438 g/mol. The first-order valence-electron chi connectivity index (χ1n) is 9.98. The molecule has 166 valence electrons. The van der Waals surface area contributed by atoms with E-state index in [0.29, 0.717) is 36.3 Å². The van der Waals surface area contributed by atoms with Crippen LogP contribution in [0.15, 0.2) is 47.8 Å². The van der Waals surface area contributed by atoms with Crippen LogP contribution < -0.4 is 5.32 Å². The zero-order valence-corrected chi connectivity index (χ0v) is 18.0. The Hall–Kier alpha value is -3.34. The molecule has 11 heteroatoms. The molecule has 0 saturated carbocycles. The van der Waals surface area contributed by atoms with Gasteiger partial charge in [-0.05, 0) is 37.6 Å². The van der Waals surface area contributed by atoms with E-state index in [0.717, 1.165) is 30.3 Å². The first kappa shape index (κ1) is 21.9. The Morgan fingerprint density at radius 2 is 2.06 bits per heavy atom. The summed E-state index contributed by atoms with van der Waals surface area (Å²) in [5, 5.41) is 10.8. The van der Waals surface area contributed by atoms with Gasteiger partial charge in [0.25, 0.3) is 0 Å². The van der Waals surface area contributed by atoms with Crippen LogP contribution in [0, 0.1) is 11.6 Å². The number of rotatable bonds is 7. The number of thioether (sulfide) groups is 1. The van der Waals surface area contributed by atoms with Crippen LogP contribution in [0.3, 0.4) is 0 Å². The number of nitrogens with zero attached hydrogens (tertiary/aromatic N) is 5. The van der Waals surface area contributed by atoms with Crippen molar-refractivity contribution in [2.45, 2.75) is 36.7 Å². The largest absolute Gasteiger partial charge is 0.335 e. The van der Waals surface area contributed by atoms with Gasteiger partial charge in [-0.25, -0.2) is 13.8 Å². The van der Waals surface area contributed by atoms with Crippen molar-refractivity contribution in [3.63, 3.8) is 0 Å². The molecule has 1 atom stereocenters. The summed E-state index contributed by atoms with van der Waals surface area (Å²) >= 11 is 1.15. The molecule has 8 nitrogen and oxygen atoms in total. The quantitative estimate of drug-likeness (QED) is 0.547. The molecule has 3 aromatic rings. The van der Waals surface area contributed by atoms with Crippen LogP contribution in [0.1, 0.15) is 25.6 Å².